The number of halogens is 1. The molecule has 4 heteroatoms. The second-order valence-corrected chi connectivity index (χ2v) is 6.05. The van der Waals surface area contributed by atoms with Crippen LogP contribution < -0.4 is 0 Å². The molecule has 0 bridgehead atoms. The molecule has 0 amide bonds. The molecule has 0 radical (unpaired) electrons. The second kappa shape index (κ2) is 4.30. The third-order valence-corrected chi connectivity index (χ3v) is 4.78. The number of aromatic nitrogens is 3. The Balaban J connectivity index is 1.95. The largest absolute Gasteiger partial charge is 0.337 e. The fourth-order valence-corrected chi connectivity index (χ4v) is 3.64. The number of H-pyrrole nitrogens is 1. The third-order valence-electron chi connectivity index (χ3n) is 3.77. The number of hydrogen-bond donors (Lipinski definition) is 1. The maximum atomic E-state index is 4.69. The van der Waals surface area contributed by atoms with Crippen LogP contribution in [0.4, 0.5) is 0 Å². The number of fused-ring (bicyclic) bond motifs is 2. The minimum Gasteiger partial charge on any atom is -0.337 e. The molecule has 2 aromatic heterocycles. The summed E-state index contributed by atoms with van der Waals surface area (Å²) in [5.74, 6) is 0.970. The predicted molar refractivity (Wildman–Crippen MR) is 84.1 cm³/mol. The number of nitrogens with zero attached hydrogens (tertiary/aromatic N) is 2. The number of nitrogens with one attached hydrogen (secondary N) is 1. The fraction of sp³-hybridized carbons (Fsp3) is 0.200. The molecular formula is C15H12IN3. The van der Waals surface area contributed by atoms with Crippen LogP contribution in [0.1, 0.15) is 17.5 Å². The summed E-state index contributed by atoms with van der Waals surface area (Å²) >= 11 is 2.44. The first kappa shape index (κ1) is 11.4. The van der Waals surface area contributed by atoms with Gasteiger partial charge in [0, 0.05) is 15.3 Å². The van der Waals surface area contributed by atoms with E-state index in [1.165, 1.54) is 33.1 Å². The molecule has 0 spiro atoms. The van der Waals surface area contributed by atoms with Gasteiger partial charge in [0.1, 0.15) is 5.82 Å². The molecule has 1 aliphatic carbocycles. The molecule has 0 saturated heterocycles. The summed E-state index contributed by atoms with van der Waals surface area (Å²) in [6.45, 7) is 0. The van der Waals surface area contributed by atoms with Gasteiger partial charge in [-0.05, 0) is 71.2 Å². The maximum absolute atomic E-state index is 4.69. The minimum atomic E-state index is 0.970. The average molecular weight is 361 g/mol. The van der Waals surface area contributed by atoms with Gasteiger partial charge in [-0.15, -0.1) is 0 Å². The first-order chi connectivity index (χ1) is 9.33. The Morgan fingerprint density at radius 3 is 2.89 bits per heavy atom. The highest BCUT2D eigenvalue weighted by atomic mass is 127. The fourth-order valence-electron chi connectivity index (χ4n) is 2.87. The van der Waals surface area contributed by atoms with Crippen molar-refractivity contribution in [3.05, 3.63) is 45.3 Å². The second-order valence-electron chi connectivity index (χ2n) is 4.88. The third kappa shape index (κ3) is 1.77. The Morgan fingerprint density at radius 2 is 2.00 bits per heavy atom. The Morgan fingerprint density at radius 1 is 1.11 bits per heavy atom. The lowest BCUT2D eigenvalue weighted by atomic mass is 10.0. The normalized spacial score (nSPS) is 13.9. The van der Waals surface area contributed by atoms with Crippen LogP contribution in [0.5, 0.6) is 0 Å². The van der Waals surface area contributed by atoms with Crippen molar-refractivity contribution in [1.29, 1.82) is 0 Å². The van der Waals surface area contributed by atoms with Crippen molar-refractivity contribution in [3.8, 4) is 11.4 Å². The molecule has 0 fully saturated rings. The molecule has 1 N–H and O–H groups in total. The molecule has 94 valence electrons. The maximum Gasteiger partial charge on any atom is 0.138 e. The molecule has 19 heavy (non-hydrogen) atoms. The Kier molecular flexibility index (Phi) is 2.58. The average Bonchev–Trinajstić information content (AvgIpc) is 3.05. The highest BCUT2D eigenvalue weighted by Gasteiger charge is 2.19. The summed E-state index contributed by atoms with van der Waals surface area (Å²) in [6.07, 6.45) is 7.23. The van der Waals surface area contributed by atoms with Crippen LogP contribution in [0.2, 0.25) is 0 Å². The minimum absolute atomic E-state index is 0.970. The zero-order valence-corrected chi connectivity index (χ0v) is 12.4. The Labute approximate surface area is 124 Å². The van der Waals surface area contributed by atoms with Crippen LogP contribution in [0.3, 0.4) is 0 Å². The first-order valence-electron chi connectivity index (χ1n) is 6.43. The first-order valence-corrected chi connectivity index (χ1v) is 7.51. The lowest BCUT2D eigenvalue weighted by Crippen LogP contribution is -1.93. The zero-order chi connectivity index (χ0) is 12.8. The van der Waals surface area contributed by atoms with Gasteiger partial charge in [-0.1, -0.05) is 0 Å². The summed E-state index contributed by atoms with van der Waals surface area (Å²) in [5.41, 5.74) is 6.22. The van der Waals surface area contributed by atoms with Crippen LogP contribution >= 0.6 is 22.6 Å². The van der Waals surface area contributed by atoms with E-state index in [1.54, 1.807) is 6.20 Å². The Bertz CT molecular complexity index is 743. The van der Waals surface area contributed by atoms with Gasteiger partial charge in [-0.2, -0.15) is 0 Å². The van der Waals surface area contributed by atoms with Gasteiger partial charge in [0.2, 0.25) is 0 Å². The van der Waals surface area contributed by atoms with Gasteiger partial charge in [-0.25, -0.2) is 4.98 Å². The lowest BCUT2D eigenvalue weighted by molar-refractivity contribution is 0.910. The summed E-state index contributed by atoms with van der Waals surface area (Å²) in [4.78, 5) is 12.2. The summed E-state index contributed by atoms with van der Waals surface area (Å²) in [6, 6.07) is 6.34. The van der Waals surface area contributed by atoms with E-state index in [0.717, 1.165) is 23.3 Å². The SMILES string of the molecule is Ic1ccc(-c2nc3ccncc3[nH]2)c2c1CCC2. The number of aromatic amines is 1. The van der Waals surface area contributed by atoms with E-state index in [9.17, 15) is 0 Å². The van der Waals surface area contributed by atoms with Gasteiger partial charge in [0.15, 0.2) is 0 Å². The van der Waals surface area contributed by atoms with Crippen molar-refractivity contribution in [2.45, 2.75) is 19.3 Å². The monoisotopic (exact) mass is 361 g/mol. The van der Waals surface area contributed by atoms with E-state index in [0.29, 0.717) is 0 Å². The van der Waals surface area contributed by atoms with Crippen LogP contribution in [0.25, 0.3) is 22.4 Å². The molecule has 4 rings (SSSR count). The van der Waals surface area contributed by atoms with Crippen LogP contribution in [-0.4, -0.2) is 15.0 Å². The van der Waals surface area contributed by atoms with E-state index in [4.69, 9.17) is 4.98 Å². The van der Waals surface area contributed by atoms with Crippen molar-refractivity contribution in [1.82, 2.24) is 15.0 Å². The van der Waals surface area contributed by atoms with Gasteiger partial charge in [-0.3, -0.25) is 4.98 Å². The van der Waals surface area contributed by atoms with Crippen LogP contribution in [-0.2, 0) is 12.8 Å². The topological polar surface area (TPSA) is 41.6 Å². The van der Waals surface area contributed by atoms with E-state index in [1.807, 2.05) is 12.3 Å². The van der Waals surface area contributed by atoms with Crippen LogP contribution in [0, 0.1) is 3.57 Å². The van der Waals surface area contributed by atoms with Gasteiger partial charge in [0.25, 0.3) is 0 Å². The molecule has 0 atom stereocenters. The molecule has 0 unspecified atom stereocenters. The van der Waals surface area contributed by atoms with Gasteiger partial charge >= 0.3 is 0 Å². The van der Waals surface area contributed by atoms with E-state index < -0.39 is 0 Å². The van der Waals surface area contributed by atoms with Gasteiger partial charge in [0.05, 0.1) is 17.2 Å². The van der Waals surface area contributed by atoms with Crippen LogP contribution in [0.15, 0.2) is 30.6 Å². The van der Waals surface area contributed by atoms with Crippen molar-refractivity contribution in [2.24, 2.45) is 0 Å². The Hall–Kier alpha value is -1.43. The molecule has 0 saturated carbocycles. The zero-order valence-electron chi connectivity index (χ0n) is 10.3. The molecule has 1 aromatic carbocycles. The van der Waals surface area contributed by atoms with E-state index in [-0.39, 0.29) is 0 Å². The number of imidazole rings is 1. The van der Waals surface area contributed by atoms with Crippen molar-refractivity contribution in [2.75, 3.05) is 0 Å². The summed E-state index contributed by atoms with van der Waals surface area (Å²) in [5, 5.41) is 0. The number of hydrogen-bond acceptors (Lipinski definition) is 2. The quantitative estimate of drug-likeness (QED) is 0.672. The highest BCUT2D eigenvalue weighted by Crippen LogP contribution is 2.34. The smallest absolute Gasteiger partial charge is 0.138 e. The number of benzene rings is 1. The molecule has 0 aliphatic heterocycles. The summed E-state index contributed by atoms with van der Waals surface area (Å²) < 4.78 is 1.38. The lowest BCUT2D eigenvalue weighted by Gasteiger charge is -2.07. The highest BCUT2D eigenvalue weighted by molar-refractivity contribution is 14.1. The number of rotatable bonds is 1. The molecule has 3 aromatic rings. The predicted octanol–water partition coefficient (Wildman–Crippen LogP) is 3.72. The molecule has 1 aliphatic rings. The van der Waals surface area contributed by atoms with Crippen molar-refractivity contribution < 1.29 is 0 Å². The summed E-state index contributed by atoms with van der Waals surface area (Å²) in [7, 11) is 0. The number of pyridine rings is 1. The molecular weight excluding hydrogens is 349 g/mol. The standard InChI is InChI=1S/C15H12IN3/c16-12-5-4-11(9-2-1-3-10(9)12)15-18-13-6-7-17-8-14(13)19-15/h4-8H,1-3H2,(H,18,19). The molecule has 3 nitrogen and oxygen atoms in total. The van der Waals surface area contributed by atoms with E-state index in [2.05, 4.69) is 44.7 Å². The van der Waals surface area contributed by atoms with Gasteiger partial charge < -0.3 is 4.98 Å². The van der Waals surface area contributed by atoms with E-state index >= 15 is 0 Å². The molecule has 2 heterocycles. The van der Waals surface area contributed by atoms with Crippen molar-refractivity contribution in [3.63, 3.8) is 0 Å². The van der Waals surface area contributed by atoms with Crippen molar-refractivity contribution >= 4 is 33.6 Å².